The molecule has 4 aliphatic heterocycles. The fourth-order valence-corrected chi connectivity index (χ4v) is 6.27. The second-order valence-electron chi connectivity index (χ2n) is 8.85. The van der Waals surface area contributed by atoms with Crippen LogP contribution in [0.4, 0.5) is 4.79 Å². The molecule has 8 heteroatoms. The van der Waals surface area contributed by atoms with Gasteiger partial charge in [0.05, 0.1) is 5.56 Å². The van der Waals surface area contributed by atoms with Crippen LogP contribution in [0, 0.1) is 11.8 Å². The van der Waals surface area contributed by atoms with Gasteiger partial charge in [-0.3, -0.25) is 9.59 Å². The maximum absolute atomic E-state index is 13.2. The minimum Gasteiger partial charge on any atom is -0.339 e. The number of thiophene rings is 1. The van der Waals surface area contributed by atoms with Crippen LogP contribution in [0.2, 0.25) is 0 Å². The largest absolute Gasteiger partial charge is 0.339 e. The highest BCUT2D eigenvalue weighted by Crippen LogP contribution is 2.38. The molecular weight excluding hydrogens is 388 g/mol. The zero-order valence-electron chi connectivity index (χ0n) is 16.7. The second kappa shape index (κ2) is 7.63. The second-order valence-corrected chi connectivity index (χ2v) is 9.63. The number of urea groups is 1. The molecule has 0 N–H and O–H groups in total. The first kappa shape index (κ1) is 18.9. The number of fused-ring (bicyclic) bond motifs is 4. The number of likely N-dealkylation sites (tertiary alicyclic amines) is 1. The summed E-state index contributed by atoms with van der Waals surface area (Å²) in [6, 6.07) is 2.29. The summed E-state index contributed by atoms with van der Waals surface area (Å²) in [5, 5.41) is 3.80. The molecule has 0 unspecified atom stereocenters. The lowest BCUT2D eigenvalue weighted by atomic mass is 9.76. The fourth-order valence-electron chi connectivity index (χ4n) is 5.64. The summed E-state index contributed by atoms with van der Waals surface area (Å²) in [7, 11) is 0. The van der Waals surface area contributed by atoms with Gasteiger partial charge in [-0.1, -0.05) is 0 Å². The van der Waals surface area contributed by atoms with E-state index in [1.165, 1.54) is 11.3 Å². The van der Waals surface area contributed by atoms with Crippen LogP contribution in [0.5, 0.6) is 0 Å². The molecule has 5 rings (SSSR count). The van der Waals surface area contributed by atoms with Gasteiger partial charge in [0, 0.05) is 63.7 Å². The zero-order valence-corrected chi connectivity index (χ0v) is 17.5. The maximum Gasteiger partial charge on any atom is 0.320 e. The van der Waals surface area contributed by atoms with Crippen LogP contribution < -0.4 is 0 Å². The molecule has 0 saturated carbocycles. The van der Waals surface area contributed by atoms with Gasteiger partial charge in [-0.25, -0.2) is 4.79 Å². The van der Waals surface area contributed by atoms with Crippen molar-refractivity contribution < 1.29 is 14.4 Å². The molecule has 0 spiro atoms. The summed E-state index contributed by atoms with van der Waals surface area (Å²) in [4.78, 5) is 45.9. The molecule has 1 aromatic heterocycles. The zero-order chi connectivity index (χ0) is 20.0. The van der Waals surface area contributed by atoms with Crippen molar-refractivity contribution in [3.05, 3.63) is 22.4 Å². The molecule has 4 fully saturated rings. The first-order valence-electron chi connectivity index (χ1n) is 10.7. The number of rotatable bonds is 1. The van der Waals surface area contributed by atoms with E-state index in [0.29, 0.717) is 56.4 Å². The normalized spacial score (nSPS) is 29.7. The lowest BCUT2D eigenvalue weighted by Crippen LogP contribution is -2.63. The van der Waals surface area contributed by atoms with Crippen LogP contribution in [-0.4, -0.2) is 89.3 Å². The Morgan fingerprint density at radius 2 is 1.79 bits per heavy atom. The summed E-state index contributed by atoms with van der Waals surface area (Å²) in [5.41, 5.74) is 0.741. The highest BCUT2D eigenvalue weighted by molar-refractivity contribution is 7.08. The number of carbonyl (C=O) groups is 3. The number of piperazine rings is 1. The molecule has 0 aliphatic carbocycles. The summed E-state index contributed by atoms with van der Waals surface area (Å²) >= 11 is 1.53. The Bertz CT molecular complexity index is 790. The Morgan fingerprint density at radius 1 is 1.00 bits per heavy atom. The highest BCUT2D eigenvalue weighted by Gasteiger charge is 2.45. The quantitative estimate of drug-likeness (QED) is 0.703. The van der Waals surface area contributed by atoms with E-state index in [0.717, 1.165) is 44.5 Å². The van der Waals surface area contributed by atoms with Crippen LogP contribution in [0.15, 0.2) is 16.8 Å². The number of hydrogen-bond acceptors (Lipinski definition) is 4. The molecule has 2 bridgehead atoms. The first-order valence-corrected chi connectivity index (χ1v) is 11.7. The molecule has 4 amide bonds. The molecule has 29 heavy (non-hydrogen) atoms. The van der Waals surface area contributed by atoms with E-state index in [1.54, 1.807) is 0 Å². The van der Waals surface area contributed by atoms with Crippen molar-refractivity contribution in [3.63, 3.8) is 0 Å². The van der Waals surface area contributed by atoms with Crippen LogP contribution >= 0.6 is 11.3 Å². The van der Waals surface area contributed by atoms with Gasteiger partial charge >= 0.3 is 6.03 Å². The predicted molar refractivity (Wildman–Crippen MR) is 110 cm³/mol. The van der Waals surface area contributed by atoms with Crippen molar-refractivity contribution in [3.8, 4) is 0 Å². The third-order valence-corrected chi connectivity index (χ3v) is 7.74. The van der Waals surface area contributed by atoms with Crippen LogP contribution in [0.3, 0.4) is 0 Å². The molecule has 4 saturated heterocycles. The van der Waals surface area contributed by atoms with E-state index in [4.69, 9.17) is 0 Å². The van der Waals surface area contributed by atoms with Gasteiger partial charge in [0.25, 0.3) is 5.91 Å². The summed E-state index contributed by atoms with van der Waals surface area (Å²) in [6.07, 6.45) is 3.89. The average molecular weight is 417 g/mol. The molecule has 7 nitrogen and oxygen atoms in total. The molecule has 5 heterocycles. The Hall–Kier alpha value is -2.09. The average Bonchev–Trinajstić information content (AvgIpc) is 3.28. The minimum atomic E-state index is 0.0629. The monoisotopic (exact) mass is 416 g/mol. The molecule has 0 aromatic carbocycles. The first-order chi connectivity index (χ1) is 14.1. The summed E-state index contributed by atoms with van der Waals surface area (Å²) < 4.78 is 0. The van der Waals surface area contributed by atoms with E-state index >= 15 is 0 Å². The summed E-state index contributed by atoms with van der Waals surface area (Å²) in [6.45, 7) is 4.69. The SMILES string of the molecule is O=C(c1ccsc1)N1CCN(C(=O)N2C[C@H]3C[C@H](C2)[C@H]2CCCC(=O)N2C3)CC1. The topological polar surface area (TPSA) is 64.2 Å². The molecule has 0 radical (unpaired) electrons. The van der Waals surface area contributed by atoms with Crippen molar-refractivity contribution in [2.24, 2.45) is 11.8 Å². The summed E-state index contributed by atoms with van der Waals surface area (Å²) in [5.74, 6) is 1.18. The number of piperidine rings is 3. The Balaban J connectivity index is 1.19. The molecule has 1 aromatic rings. The lowest BCUT2D eigenvalue weighted by Gasteiger charge is -2.53. The van der Waals surface area contributed by atoms with Crippen molar-refractivity contribution in [1.29, 1.82) is 0 Å². The smallest absolute Gasteiger partial charge is 0.320 e. The van der Waals surface area contributed by atoms with E-state index in [2.05, 4.69) is 4.90 Å². The standard InChI is InChI=1S/C21H28N4O3S/c26-19-3-1-2-18-17-10-15(12-25(18)19)11-24(13-17)21(28)23-7-5-22(6-8-23)20(27)16-4-9-29-14-16/h4,9,14-15,17-18H,1-3,5-8,10-13H2/t15-,17-,18-/m1/s1. The van der Waals surface area contributed by atoms with Crippen molar-refractivity contribution in [1.82, 2.24) is 19.6 Å². The van der Waals surface area contributed by atoms with Gasteiger partial charge in [0.2, 0.25) is 5.91 Å². The number of hydrogen-bond donors (Lipinski definition) is 0. The minimum absolute atomic E-state index is 0.0629. The van der Waals surface area contributed by atoms with E-state index < -0.39 is 0 Å². The van der Waals surface area contributed by atoms with E-state index in [9.17, 15) is 14.4 Å². The lowest BCUT2D eigenvalue weighted by molar-refractivity contribution is -0.144. The molecular formula is C21H28N4O3S. The van der Waals surface area contributed by atoms with Crippen molar-refractivity contribution in [2.75, 3.05) is 45.8 Å². The van der Waals surface area contributed by atoms with Crippen LogP contribution in [0.25, 0.3) is 0 Å². The van der Waals surface area contributed by atoms with E-state index in [-0.39, 0.29) is 11.9 Å². The molecule has 3 atom stereocenters. The van der Waals surface area contributed by atoms with Gasteiger partial charge in [-0.05, 0) is 42.5 Å². The highest BCUT2D eigenvalue weighted by atomic mass is 32.1. The molecule has 156 valence electrons. The third-order valence-electron chi connectivity index (χ3n) is 7.06. The van der Waals surface area contributed by atoms with Gasteiger partial charge in [0.1, 0.15) is 0 Å². The number of carbonyl (C=O) groups excluding carboxylic acids is 3. The van der Waals surface area contributed by atoms with Crippen molar-refractivity contribution >= 4 is 29.2 Å². The van der Waals surface area contributed by atoms with Gasteiger partial charge in [0.15, 0.2) is 0 Å². The maximum atomic E-state index is 13.2. The Morgan fingerprint density at radius 3 is 2.55 bits per heavy atom. The molecule has 4 aliphatic rings. The Kier molecular flexibility index (Phi) is 4.97. The van der Waals surface area contributed by atoms with E-state index in [1.807, 2.05) is 31.5 Å². The number of nitrogens with zero attached hydrogens (tertiary/aromatic N) is 4. The van der Waals surface area contributed by atoms with Gasteiger partial charge in [-0.15, -0.1) is 0 Å². The number of amides is 4. The van der Waals surface area contributed by atoms with Gasteiger partial charge < -0.3 is 19.6 Å². The van der Waals surface area contributed by atoms with Crippen LogP contribution in [0.1, 0.15) is 36.0 Å². The third kappa shape index (κ3) is 3.52. The van der Waals surface area contributed by atoms with Crippen LogP contribution in [-0.2, 0) is 4.79 Å². The van der Waals surface area contributed by atoms with Crippen molar-refractivity contribution in [2.45, 2.75) is 31.7 Å². The van der Waals surface area contributed by atoms with Gasteiger partial charge in [-0.2, -0.15) is 11.3 Å². The fraction of sp³-hybridized carbons (Fsp3) is 0.667. The Labute approximate surface area is 175 Å². The predicted octanol–water partition coefficient (Wildman–Crippen LogP) is 1.96.